The summed E-state index contributed by atoms with van der Waals surface area (Å²) in [4.78, 5) is 12.4. The molecule has 0 fully saturated rings. The molecular formula is C20H16BrN3O4. The maximum Gasteiger partial charge on any atom is 0.266 e. The number of carbonyl (C=O) groups excluding carboxylic acids is 1. The monoisotopic (exact) mass is 441 g/mol. The molecule has 0 spiro atoms. The topological polar surface area (TPSA) is 104 Å². The van der Waals surface area contributed by atoms with Gasteiger partial charge in [0.25, 0.3) is 5.91 Å². The summed E-state index contributed by atoms with van der Waals surface area (Å²) in [6.07, 6.45) is 1.43. The van der Waals surface area contributed by atoms with Crippen LogP contribution in [0.1, 0.15) is 5.56 Å². The van der Waals surface area contributed by atoms with Crippen molar-refractivity contribution in [1.29, 1.82) is 10.5 Å². The Balaban J connectivity index is 2.27. The molecule has 2 aromatic carbocycles. The van der Waals surface area contributed by atoms with Gasteiger partial charge in [-0.25, -0.2) is 0 Å². The standard InChI is InChI=1S/C20H16BrN3O4/c1-26-16-5-3-15(4-6-16)24-20(25)14(12-23)9-13-10-17(21)19(28-8-7-22)18(11-13)27-2/h3-6,9-11H,8H2,1-2H3,(H,24,25)/b14-9-. The average Bonchev–Trinajstić information content (AvgIpc) is 2.71. The quantitative estimate of drug-likeness (QED) is 0.515. The Hall–Kier alpha value is -3.49. The van der Waals surface area contributed by atoms with Crippen molar-refractivity contribution < 1.29 is 19.0 Å². The predicted molar refractivity (Wildman–Crippen MR) is 107 cm³/mol. The van der Waals surface area contributed by atoms with Gasteiger partial charge < -0.3 is 19.5 Å². The minimum absolute atomic E-state index is 0.0875. The minimum Gasteiger partial charge on any atom is -0.497 e. The first-order valence-electron chi connectivity index (χ1n) is 7.96. The Labute approximate surface area is 170 Å². The van der Waals surface area contributed by atoms with E-state index in [1.165, 1.54) is 13.2 Å². The summed E-state index contributed by atoms with van der Waals surface area (Å²) in [6.45, 7) is -0.141. The van der Waals surface area contributed by atoms with Crippen molar-refractivity contribution in [2.24, 2.45) is 0 Å². The molecule has 0 aliphatic carbocycles. The lowest BCUT2D eigenvalue weighted by atomic mass is 10.1. The third kappa shape index (κ3) is 5.26. The first-order chi connectivity index (χ1) is 13.5. The SMILES string of the molecule is COc1ccc(NC(=O)/C(C#N)=C\c2cc(Br)c(OCC#N)c(OC)c2)cc1. The van der Waals surface area contributed by atoms with Crippen molar-refractivity contribution in [3.8, 4) is 29.4 Å². The van der Waals surface area contributed by atoms with E-state index in [1.807, 2.05) is 12.1 Å². The zero-order chi connectivity index (χ0) is 20.5. The number of ether oxygens (including phenoxy) is 3. The van der Waals surface area contributed by atoms with Crippen LogP contribution in [0.15, 0.2) is 46.4 Å². The molecular weight excluding hydrogens is 426 g/mol. The molecule has 7 nitrogen and oxygen atoms in total. The number of nitrogens with zero attached hydrogens (tertiary/aromatic N) is 2. The number of rotatable bonds is 7. The van der Waals surface area contributed by atoms with Crippen LogP contribution >= 0.6 is 15.9 Å². The molecule has 0 saturated heterocycles. The van der Waals surface area contributed by atoms with E-state index in [1.54, 1.807) is 43.5 Å². The Bertz CT molecular complexity index is 973. The van der Waals surface area contributed by atoms with Gasteiger partial charge in [-0.2, -0.15) is 10.5 Å². The van der Waals surface area contributed by atoms with Crippen LogP contribution in [0.3, 0.4) is 0 Å². The maximum atomic E-state index is 12.4. The van der Waals surface area contributed by atoms with Crippen molar-refractivity contribution in [3.05, 3.63) is 52.0 Å². The summed E-state index contributed by atoms with van der Waals surface area (Å²) < 4.78 is 16.2. The largest absolute Gasteiger partial charge is 0.497 e. The second kappa shape index (κ2) is 10.0. The van der Waals surface area contributed by atoms with Crippen LogP contribution in [0.5, 0.6) is 17.2 Å². The molecule has 0 heterocycles. The smallest absolute Gasteiger partial charge is 0.266 e. The van der Waals surface area contributed by atoms with E-state index >= 15 is 0 Å². The molecule has 0 radical (unpaired) electrons. The van der Waals surface area contributed by atoms with Gasteiger partial charge in [-0.3, -0.25) is 4.79 Å². The summed E-state index contributed by atoms with van der Waals surface area (Å²) in [5.41, 5.74) is 0.996. The van der Waals surface area contributed by atoms with Gasteiger partial charge in [0.2, 0.25) is 0 Å². The van der Waals surface area contributed by atoms with Crippen molar-refractivity contribution in [2.45, 2.75) is 0 Å². The first-order valence-corrected chi connectivity index (χ1v) is 8.76. The highest BCUT2D eigenvalue weighted by Crippen LogP contribution is 2.37. The third-order valence-corrected chi connectivity index (χ3v) is 4.15. The number of carbonyl (C=O) groups is 1. The van der Waals surface area contributed by atoms with Gasteiger partial charge in [0.05, 0.1) is 18.7 Å². The predicted octanol–water partition coefficient (Wildman–Crippen LogP) is 3.91. The van der Waals surface area contributed by atoms with E-state index in [0.29, 0.717) is 33.0 Å². The first kappa shape index (κ1) is 20.8. The fourth-order valence-electron chi connectivity index (χ4n) is 2.26. The zero-order valence-corrected chi connectivity index (χ0v) is 16.7. The molecule has 0 bridgehead atoms. The second-order valence-corrected chi connectivity index (χ2v) is 6.19. The molecule has 2 rings (SSSR count). The number of nitrogens with one attached hydrogen (secondary N) is 1. The minimum atomic E-state index is -0.549. The van der Waals surface area contributed by atoms with Gasteiger partial charge in [-0.15, -0.1) is 0 Å². The molecule has 1 N–H and O–H groups in total. The van der Waals surface area contributed by atoms with Crippen LogP contribution in [0.4, 0.5) is 5.69 Å². The second-order valence-electron chi connectivity index (χ2n) is 5.33. The Kier molecular flexibility index (Phi) is 7.44. The van der Waals surface area contributed by atoms with Gasteiger partial charge in [0, 0.05) is 5.69 Å². The molecule has 0 unspecified atom stereocenters. The van der Waals surface area contributed by atoms with E-state index in [0.717, 1.165) is 0 Å². The highest BCUT2D eigenvalue weighted by atomic mass is 79.9. The molecule has 1 amide bonds. The number of halogens is 1. The summed E-state index contributed by atoms with van der Waals surface area (Å²) in [6, 6.07) is 13.8. The molecule has 28 heavy (non-hydrogen) atoms. The molecule has 0 saturated carbocycles. The lowest BCUT2D eigenvalue weighted by molar-refractivity contribution is -0.112. The molecule has 0 aliphatic rings. The number of nitriles is 2. The maximum absolute atomic E-state index is 12.4. The van der Waals surface area contributed by atoms with Gasteiger partial charge in [0.15, 0.2) is 18.1 Å². The Morgan fingerprint density at radius 2 is 1.89 bits per heavy atom. The van der Waals surface area contributed by atoms with E-state index in [-0.39, 0.29) is 12.2 Å². The Morgan fingerprint density at radius 3 is 2.46 bits per heavy atom. The summed E-state index contributed by atoms with van der Waals surface area (Å²) in [7, 11) is 3.00. The number of amides is 1. The van der Waals surface area contributed by atoms with Crippen LogP contribution in [0.25, 0.3) is 6.08 Å². The number of hydrogen-bond acceptors (Lipinski definition) is 6. The van der Waals surface area contributed by atoms with Gasteiger partial charge in [0.1, 0.15) is 23.5 Å². The van der Waals surface area contributed by atoms with E-state index in [2.05, 4.69) is 21.2 Å². The fourth-order valence-corrected chi connectivity index (χ4v) is 2.83. The number of anilines is 1. The summed E-state index contributed by atoms with van der Waals surface area (Å²) in [5.74, 6) is 0.836. The average molecular weight is 442 g/mol. The van der Waals surface area contributed by atoms with Crippen molar-refractivity contribution in [3.63, 3.8) is 0 Å². The van der Waals surface area contributed by atoms with Gasteiger partial charge in [-0.1, -0.05) is 0 Å². The van der Waals surface area contributed by atoms with Crippen molar-refractivity contribution in [1.82, 2.24) is 0 Å². The van der Waals surface area contributed by atoms with E-state index in [4.69, 9.17) is 19.5 Å². The van der Waals surface area contributed by atoms with E-state index in [9.17, 15) is 10.1 Å². The normalized spacial score (nSPS) is 10.4. The molecule has 0 atom stereocenters. The lowest BCUT2D eigenvalue weighted by Crippen LogP contribution is -2.13. The molecule has 142 valence electrons. The zero-order valence-electron chi connectivity index (χ0n) is 15.2. The lowest BCUT2D eigenvalue weighted by Gasteiger charge is -2.12. The van der Waals surface area contributed by atoms with Crippen molar-refractivity contribution >= 4 is 33.6 Å². The van der Waals surface area contributed by atoms with Crippen LogP contribution < -0.4 is 19.5 Å². The highest BCUT2D eigenvalue weighted by molar-refractivity contribution is 9.10. The molecule has 0 aliphatic heterocycles. The van der Waals surface area contributed by atoms with Crippen LogP contribution in [0.2, 0.25) is 0 Å². The fraction of sp³-hybridized carbons (Fsp3) is 0.150. The summed E-state index contributed by atoms with van der Waals surface area (Å²) >= 11 is 3.35. The van der Waals surface area contributed by atoms with Crippen LogP contribution in [-0.4, -0.2) is 26.7 Å². The molecule has 0 aromatic heterocycles. The summed E-state index contributed by atoms with van der Waals surface area (Å²) in [5, 5.41) is 20.7. The molecule has 8 heteroatoms. The van der Waals surface area contributed by atoms with E-state index < -0.39 is 5.91 Å². The van der Waals surface area contributed by atoms with Gasteiger partial charge in [-0.05, 0) is 64.0 Å². The Morgan fingerprint density at radius 1 is 1.18 bits per heavy atom. The third-order valence-electron chi connectivity index (χ3n) is 3.56. The van der Waals surface area contributed by atoms with Crippen LogP contribution in [-0.2, 0) is 4.79 Å². The van der Waals surface area contributed by atoms with Crippen LogP contribution in [0, 0.1) is 22.7 Å². The van der Waals surface area contributed by atoms with Gasteiger partial charge >= 0.3 is 0 Å². The number of benzene rings is 2. The highest BCUT2D eigenvalue weighted by Gasteiger charge is 2.14. The number of methoxy groups -OCH3 is 2. The molecule has 2 aromatic rings. The number of hydrogen-bond donors (Lipinski definition) is 1. The van der Waals surface area contributed by atoms with Crippen molar-refractivity contribution in [2.75, 3.05) is 26.1 Å².